The summed E-state index contributed by atoms with van der Waals surface area (Å²) in [6, 6.07) is 0. The Balaban J connectivity index is 0.000000640. The smallest absolute Gasteiger partial charge is 0.0610 e. The second-order valence-corrected chi connectivity index (χ2v) is 2.75. The van der Waals surface area contributed by atoms with Gasteiger partial charge in [0.05, 0.1) is 6.61 Å². The van der Waals surface area contributed by atoms with E-state index in [4.69, 9.17) is 5.11 Å². The summed E-state index contributed by atoms with van der Waals surface area (Å²) in [5.74, 6) is 0. The van der Waals surface area contributed by atoms with E-state index < -0.39 is 0 Å². The van der Waals surface area contributed by atoms with Crippen molar-refractivity contribution in [3.8, 4) is 0 Å². The van der Waals surface area contributed by atoms with Gasteiger partial charge in [0.2, 0.25) is 0 Å². The van der Waals surface area contributed by atoms with Crippen LogP contribution in [0.25, 0.3) is 0 Å². The van der Waals surface area contributed by atoms with Crippen molar-refractivity contribution in [2.75, 3.05) is 13.2 Å². The number of aliphatic hydroxyl groups is 1. The van der Waals surface area contributed by atoms with Gasteiger partial charge in [-0.2, -0.15) is 0 Å². The molecule has 2 nitrogen and oxygen atoms in total. The van der Waals surface area contributed by atoms with Gasteiger partial charge in [-0.15, -0.1) is 12.4 Å². The van der Waals surface area contributed by atoms with Crippen LogP contribution in [0.2, 0.25) is 0 Å². The van der Waals surface area contributed by atoms with Crippen molar-refractivity contribution in [1.82, 2.24) is 5.32 Å². The minimum Gasteiger partial charge on any atom is -0.394 e. The number of rotatable bonds is 1. The molecule has 1 fully saturated rings. The molecule has 0 radical (unpaired) electrons. The van der Waals surface area contributed by atoms with Gasteiger partial charge in [0, 0.05) is 5.54 Å². The van der Waals surface area contributed by atoms with E-state index in [2.05, 4.69) is 12.2 Å². The molecule has 0 aliphatic carbocycles. The maximum atomic E-state index is 8.76. The lowest BCUT2D eigenvalue weighted by Gasteiger charge is -2.19. The Bertz CT molecular complexity index is 81.1. The maximum absolute atomic E-state index is 8.76. The number of hydrogen-bond acceptors (Lipinski definition) is 2. The van der Waals surface area contributed by atoms with Gasteiger partial charge >= 0.3 is 0 Å². The van der Waals surface area contributed by atoms with E-state index >= 15 is 0 Å². The lowest BCUT2D eigenvalue weighted by Crippen LogP contribution is -2.39. The first-order valence-corrected chi connectivity index (χ1v) is 3.13. The fraction of sp³-hybridized carbons (Fsp3) is 1.00. The van der Waals surface area contributed by atoms with Gasteiger partial charge in [-0.1, -0.05) is 0 Å². The number of nitrogens with one attached hydrogen (secondary N) is 1. The zero-order valence-electron chi connectivity index (χ0n) is 5.68. The van der Waals surface area contributed by atoms with Crippen LogP contribution in [0, 0.1) is 0 Å². The molecule has 1 saturated heterocycles. The molecule has 0 spiro atoms. The highest BCUT2D eigenvalue weighted by atomic mass is 35.5. The SMILES string of the molecule is CC1(CO)CCCN1.Cl. The lowest BCUT2D eigenvalue weighted by atomic mass is 10.0. The third-order valence-corrected chi connectivity index (χ3v) is 1.81. The van der Waals surface area contributed by atoms with E-state index in [0.29, 0.717) is 0 Å². The molecule has 0 saturated carbocycles. The molecule has 1 aliphatic heterocycles. The Hall–Kier alpha value is 0.210. The average Bonchev–Trinajstić information content (AvgIpc) is 2.17. The molecule has 0 amide bonds. The molecule has 56 valence electrons. The Labute approximate surface area is 62.1 Å². The van der Waals surface area contributed by atoms with E-state index in [1.54, 1.807) is 0 Å². The van der Waals surface area contributed by atoms with Crippen molar-refractivity contribution in [3.05, 3.63) is 0 Å². The standard InChI is InChI=1S/C6H13NO.ClH/c1-6(5-8)3-2-4-7-6;/h7-8H,2-5H2,1H3;1H. The molecule has 1 atom stereocenters. The molecule has 0 bridgehead atoms. The summed E-state index contributed by atoms with van der Waals surface area (Å²) in [5, 5.41) is 12.0. The van der Waals surface area contributed by atoms with Crippen molar-refractivity contribution < 1.29 is 5.11 Å². The third-order valence-electron chi connectivity index (χ3n) is 1.81. The molecule has 1 aliphatic rings. The fourth-order valence-corrected chi connectivity index (χ4v) is 1.09. The molecular formula is C6H14ClNO. The first kappa shape index (κ1) is 9.21. The second-order valence-electron chi connectivity index (χ2n) is 2.75. The Morgan fingerprint density at radius 2 is 2.33 bits per heavy atom. The van der Waals surface area contributed by atoms with Crippen molar-refractivity contribution in [1.29, 1.82) is 0 Å². The van der Waals surface area contributed by atoms with Crippen molar-refractivity contribution in [2.45, 2.75) is 25.3 Å². The quantitative estimate of drug-likeness (QED) is 0.574. The summed E-state index contributed by atoms with van der Waals surface area (Å²) >= 11 is 0. The van der Waals surface area contributed by atoms with E-state index in [9.17, 15) is 0 Å². The minimum absolute atomic E-state index is 0. The van der Waals surface area contributed by atoms with Crippen LogP contribution < -0.4 is 5.32 Å². The summed E-state index contributed by atoms with van der Waals surface area (Å²) < 4.78 is 0. The van der Waals surface area contributed by atoms with Crippen molar-refractivity contribution >= 4 is 12.4 Å². The van der Waals surface area contributed by atoms with Gasteiger partial charge in [-0.25, -0.2) is 0 Å². The van der Waals surface area contributed by atoms with Gasteiger partial charge < -0.3 is 10.4 Å². The van der Waals surface area contributed by atoms with Crippen LogP contribution in [0.5, 0.6) is 0 Å². The summed E-state index contributed by atoms with van der Waals surface area (Å²) in [7, 11) is 0. The van der Waals surface area contributed by atoms with Crippen LogP contribution in [0.3, 0.4) is 0 Å². The molecule has 9 heavy (non-hydrogen) atoms. The van der Waals surface area contributed by atoms with Crippen molar-refractivity contribution in [2.24, 2.45) is 0 Å². The van der Waals surface area contributed by atoms with Crippen LogP contribution in [-0.2, 0) is 0 Å². The normalized spacial score (nSPS) is 34.0. The fourth-order valence-electron chi connectivity index (χ4n) is 1.09. The largest absolute Gasteiger partial charge is 0.394 e. The van der Waals surface area contributed by atoms with Gasteiger partial charge in [0.25, 0.3) is 0 Å². The maximum Gasteiger partial charge on any atom is 0.0610 e. The second kappa shape index (κ2) is 3.40. The van der Waals surface area contributed by atoms with Crippen molar-refractivity contribution in [3.63, 3.8) is 0 Å². The Kier molecular flexibility index (Phi) is 3.48. The predicted octanol–water partition coefficient (Wildman–Crippen LogP) is 0.543. The van der Waals surface area contributed by atoms with Crippen LogP contribution in [0.4, 0.5) is 0 Å². The zero-order valence-corrected chi connectivity index (χ0v) is 6.50. The van der Waals surface area contributed by atoms with Crippen LogP contribution in [-0.4, -0.2) is 23.8 Å². The lowest BCUT2D eigenvalue weighted by molar-refractivity contribution is 0.192. The molecule has 0 aromatic heterocycles. The number of aliphatic hydroxyl groups excluding tert-OH is 1. The Morgan fingerprint density at radius 3 is 2.56 bits per heavy atom. The third kappa shape index (κ3) is 2.12. The highest BCUT2D eigenvalue weighted by molar-refractivity contribution is 5.85. The molecule has 2 N–H and O–H groups in total. The topological polar surface area (TPSA) is 32.3 Å². The summed E-state index contributed by atoms with van der Waals surface area (Å²) in [5.41, 5.74) is 0.0417. The van der Waals surface area contributed by atoms with Gasteiger partial charge in [0.1, 0.15) is 0 Å². The van der Waals surface area contributed by atoms with Gasteiger partial charge in [0.15, 0.2) is 0 Å². The molecule has 0 aromatic carbocycles. The summed E-state index contributed by atoms with van der Waals surface area (Å²) in [6.45, 7) is 3.39. The first-order chi connectivity index (χ1) is 3.77. The molecular weight excluding hydrogens is 138 g/mol. The predicted molar refractivity (Wildman–Crippen MR) is 40.0 cm³/mol. The molecule has 1 rings (SSSR count). The number of hydrogen-bond donors (Lipinski definition) is 2. The minimum atomic E-state index is 0. The van der Waals surface area contributed by atoms with Gasteiger partial charge in [-0.05, 0) is 26.3 Å². The monoisotopic (exact) mass is 151 g/mol. The highest BCUT2D eigenvalue weighted by Gasteiger charge is 2.26. The van der Waals surface area contributed by atoms with Crippen LogP contribution in [0.15, 0.2) is 0 Å². The van der Waals surface area contributed by atoms with E-state index in [0.717, 1.165) is 13.0 Å². The Morgan fingerprint density at radius 1 is 1.67 bits per heavy atom. The van der Waals surface area contributed by atoms with E-state index in [1.165, 1.54) is 6.42 Å². The average molecular weight is 152 g/mol. The van der Waals surface area contributed by atoms with Crippen LogP contribution in [0.1, 0.15) is 19.8 Å². The summed E-state index contributed by atoms with van der Waals surface area (Å²) in [6.07, 6.45) is 2.32. The van der Waals surface area contributed by atoms with Gasteiger partial charge in [-0.3, -0.25) is 0 Å². The summed E-state index contributed by atoms with van der Waals surface area (Å²) in [4.78, 5) is 0. The number of halogens is 1. The molecule has 3 heteroatoms. The van der Waals surface area contributed by atoms with E-state index in [1.807, 2.05) is 0 Å². The first-order valence-electron chi connectivity index (χ1n) is 3.13. The highest BCUT2D eigenvalue weighted by Crippen LogP contribution is 2.16. The molecule has 1 heterocycles. The molecule has 1 unspecified atom stereocenters. The molecule has 0 aromatic rings. The van der Waals surface area contributed by atoms with Crippen LogP contribution >= 0.6 is 12.4 Å². The zero-order chi connectivity index (χ0) is 6.04. The van der Waals surface area contributed by atoms with E-state index in [-0.39, 0.29) is 24.6 Å².